The fraction of sp³-hybridized carbons (Fsp3) is 0.571. The first-order valence-corrected chi connectivity index (χ1v) is 6.55. The lowest BCUT2D eigenvalue weighted by Gasteiger charge is -2.31. The number of likely N-dealkylation sites (N-methyl/N-ethyl adjacent to an activating group) is 1. The Balaban J connectivity index is 2.35. The van der Waals surface area contributed by atoms with Crippen molar-refractivity contribution in [2.75, 3.05) is 24.7 Å². The van der Waals surface area contributed by atoms with Crippen LogP contribution in [-0.2, 0) is 4.74 Å². The van der Waals surface area contributed by atoms with Crippen molar-refractivity contribution < 1.29 is 4.74 Å². The van der Waals surface area contributed by atoms with Crippen molar-refractivity contribution in [2.45, 2.75) is 33.2 Å². The lowest BCUT2D eigenvalue weighted by molar-refractivity contribution is 0.193. The average molecular weight is 231 g/mol. The van der Waals surface area contributed by atoms with Crippen molar-refractivity contribution in [1.29, 1.82) is 0 Å². The van der Waals surface area contributed by atoms with Crippen LogP contribution in [0, 0.1) is 13.8 Å². The smallest absolute Gasteiger partial charge is 0.139 e. The quantitative estimate of drug-likeness (QED) is 0.724. The molecular formula is C14H22BNO. The van der Waals surface area contributed by atoms with Gasteiger partial charge in [0.05, 0.1) is 12.6 Å². The van der Waals surface area contributed by atoms with E-state index in [2.05, 4.69) is 45.7 Å². The predicted octanol–water partition coefficient (Wildman–Crippen LogP) is 1.18. The highest BCUT2D eigenvalue weighted by molar-refractivity contribution is 6.32. The molecule has 0 aromatic heterocycles. The van der Waals surface area contributed by atoms with E-state index in [9.17, 15) is 0 Å². The van der Waals surface area contributed by atoms with E-state index in [1.807, 2.05) is 0 Å². The van der Waals surface area contributed by atoms with Crippen LogP contribution in [0.5, 0.6) is 0 Å². The molecule has 17 heavy (non-hydrogen) atoms. The minimum Gasteiger partial charge on any atom is -0.379 e. The molecule has 0 amide bonds. The third kappa shape index (κ3) is 2.49. The maximum absolute atomic E-state index is 5.52. The Morgan fingerprint density at radius 3 is 2.76 bits per heavy atom. The summed E-state index contributed by atoms with van der Waals surface area (Å²) in [7, 11) is 2.18. The molecule has 2 nitrogen and oxygen atoms in total. The fourth-order valence-electron chi connectivity index (χ4n) is 2.71. The Morgan fingerprint density at radius 1 is 1.41 bits per heavy atom. The normalized spacial score (nSPS) is 19.6. The summed E-state index contributed by atoms with van der Waals surface area (Å²) in [4.78, 5) is 2.50. The monoisotopic (exact) mass is 231 g/mol. The molecule has 1 aliphatic heterocycles. The molecule has 0 saturated carbocycles. The molecule has 0 spiro atoms. The van der Waals surface area contributed by atoms with Crippen molar-refractivity contribution in [1.82, 2.24) is 0 Å². The van der Waals surface area contributed by atoms with Crippen LogP contribution < -0.4 is 10.4 Å². The molecule has 1 atom stereocenters. The minimum atomic E-state index is 0.555. The van der Waals surface area contributed by atoms with Crippen molar-refractivity contribution >= 4 is 19.0 Å². The Labute approximate surface area is 105 Å². The Bertz CT molecular complexity index is 399. The van der Waals surface area contributed by atoms with E-state index in [0.29, 0.717) is 6.04 Å². The highest BCUT2D eigenvalue weighted by atomic mass is 16.5. The van der Waals surface area contributed by atoms with Crippen molar-refractivity contribution in [3.8, 4) is 0 Å². The zero-order valence-electron chi connectivity index (χ0n) is 11.4. The third-order valence-electron chi connectivity index (χ3n) is 3.78. The number of hydrogen-bond donors (Lipinski definition) is 0. The number of aryl methyl sites for hydroxylation is 1. The molecule has 92 valence electrons. The van der Waals surface area contributed by atoms with E-state index in [-0.39, 0.29) is 0 Å². The molecular weight excluding hydrogens is 209 g/mol. The van der Waals surface area contributed by atoms with Gasteiger partial charge in [0.1, 0.15) is 7.85 Å². The van der Waals surface area contributed by atoms with Crippen LogP contribution in [0.2, 0.25) is 0 Å². The largest absolute Gasteiger partial charge is 0.379 e. The molecule has 0 bridgehead atoms. The third-order valence-corrected chi connectivity index (χ3v) is 3.78. The zero-order valence-corrected chi connectivity index (χ0v) is 11.4. The second-order valence-corrected chi connectivity index (χ2v) is 5.03. The molecule has 0 N–H and O–H groups in total. The van der Waals surface area contributed by atoms with Gasteiger partial charge in [-0.2, -0.15) is 0 Å². The molecule has 1 aliphatic rings. The average Bonchev–Trinajstić information content (AvgIpc) is 2.79. The summed E-state index contributed by atoms with van der Waals surface area (Å²) in [5.74, 6) is 0. The van der Waals surface area contributed by atoms with E-state index >= 15 is 0 Å². The summed E-state index contributed by atoms with van der Waals surface area (Å²) in [6, 6.07) is 5.13. The Kier molecular flexibility index (Phi) is 3.77. The van der Waals surface area contributed by atoms with E-state index < -0.39 is 0 Å². The number of hydrogen-bond acceptors (Lipinski definition) is 2. The number of ether oxygens (including phenoxy) is 1. The second kappa shape index (κ2) is 5.13. The van der Waals surface area contributed by atoms with Crippen LogP contribution in [0.15, 0.2) is 12.1 Å². The van der Waals surface area contributed by atoms with Crippen LogP contribution in [0.1, 0.15) is 24.5 Å². The van der Waals surface area contributed by atoms with Gasteiger partial charge in [-0.1, -0.05) is 11.5 Å². The molecule has 1 saturated heterocycles. The highest BCUT2D eigenvalue weighted by Crippen LogP contribution is 2.26. The topological polar surface area (TPSA) is 12.5 Å². The summed E-state index contributed by atoms with van der Waals surface area (Å²) in [6.45, 7) is 9.49. The van der Waals surface area contributed by atoms with Crippen molar-refractivity contribution in [3.63, 3.8) is 0 Å². The molecule has 1 aromatic carbocycles. The second-order valence-electron chi connectivity index (χ2n) is 5.03. The van der Waals surface area contributed by atoms with Gasteiger partial charge in [-0.05, 0) is 44.4 Å². The van der Waals surface area contributed by atoms with E-state index in [1.54, 1.807) is 0 Å². The highest BCUT2D eigenvalue weighted by Gasteiger charge is 2.23. The van der Waals surface area contributed by atoms with E-state index in [1.165, 1.54) is 22.3 Å². The molecule has 1 heterocycles. The first-order valence-electron chi connectivity index (χ1n) is 6.55. The number of benzene rings is 1. The SMILES string of the molecule is Bc1cc(C)c(C)c(N(CC)C2CCOC2)c1. The first-order chi connectivity index (χ1) is 8.13. The molecule has 2 rings (SSSR count). The predicted molar refractivity (Wildman–Crippen MR) is 76.3 cm³/mol. The summed E-state index contributed by atoms with van der Waals surface area (Å²) in [5.41, 5.74) is 5.53. The molecule has 3 heteroatoms. The number of nitrogens with zero attached hydrogens (tertiary/aromatic N) is 1. The maximum Gasteiger partial charge on any atom is 0.139 e. The van der Waals surface area contributed by atoms with Gasteiger partial charge in [-0.25, -0.2) is 0 Å². The molecule has 1 aromatic rings. The maximum atomic E-state index is 5.52. The minimum absolute atomic E-state index is 0.555. The van der Waals surface area contributed by atoms with Crippen LogP contribution in [0.4, 0.5) is 5.69 Å². The standard InChI is InChI=1S/C14H22BNO/c1-4-16(13-5-6-17-9-13)14-8-12(15)7-10(2)11(14)3/h7-8,13H,4-6,9,15H2,1-3H3. The summed E-state index contributed by atoms with van der Waals surface area (Å²) >= 11 is 0. The molecule has 0 aliphatic carbocycles. The summed E-state index contributed by atoms with van der Waals surface area (Å²) in [5, 5.41) is 0. The van der Waals surface area contributed by atoms with Crippen molar-refractivity contribution in [3.05, 3.63) is 23.3 Å². The Morgan fingerprint density at radius 2 is 2.18 bits per heavy atom. The van der Waals surface area contributed by atoms with Gasteiger partial charge in [-0.15, -0.1) is 0 Å². The van der Waals surface area contributed by atoms with Gasteiger partial charge in [0.15, 0.2) is 0 Å². The van der Waals surface area contributed by atoms with Gasteiger partial charge in [-0.3, -0.25) is 0 Å². The zero-order chi connectivity index (χ0) is 12.4. The van der Waals surface area contributed by atoms with E-state index in [0.717, 1.165) is 26.2 Å². The van der Waals surface area contributed by atoms with Crippen LogP contribution >= 0.6 is 0 Å². The van der Waals surface area contributed by atoms with Gasteiger partial charge in [0, 0.05) is 18.8 Å². The fourth-order valence-corrected chi connectivity index (χ4v) is 2.71. The Hall–Kier alpha value is -0.955. The van der Waals surface area contributed by atoms with Gasteiger partial charge in [0.25, 0.3) is 0 Å². The molecule has 1 fully saturated rings. The first kappa shape index (κ1) is 12.5. The van der Waals surface area contributed by atoms with Gasteiger partial charge < -0.3 is 9.64 Å². The number of rotatable bonds is 3. The van der Waals surface area contributed by atoms with Gasteiger partial charge in [0.2, 0.25) is 0 Å². The van der Waals surface area contributed by atoms with Crippen LogP contribution in [-0.4, -0.2) is 33.6 Å². The van der Waals surface area contributed by atoms with Crippen LogP contribution in [0.25, 0.3) is 0 Å². The lowest BCUT2D eigenvalue weighted by atomic mass is 9.90. The molecule has 0 radical (unpaired) electrons. The lowest BCUT2D eigenvalue weighted by Crippen LogP contribution is -2.36. The molecule has 1 unspecified atom stereocenters. The van der Waals surface area contributed by atoms with Gasteiger partial charge >= 0.3 is 0 Å². The summed E-state index contributed by atoms with van der Waals surface area (Å²) in [6.07, 6.45) is 1.15. The van der Waals surface area contributed by atoms with E-state index in [4.69, 9.17) is 4.74 Å². The van der Waals surface area contributed by atoms with Crippen LogP contribution in [0.3, 0.4) is 0 Å². The summed E-state index contributed by atoms with van der Waals surface area (Å²) < 4.78 is 5.52. The van der Waals surface area contributed by atoms with Crippen molar-refractivity contribution in [2.24, 2.45) is 0 Å². The number of anilines is 1.